The summed E-state index contributed by atoms with van der Waals surface area (Å²) in [6.45, 7) is 0.608. The first kappa shape index (κ1) is 16.7. The van der Waals surface area contributed by atoms with Crippen LogP contribution in [0, 0.1) is 0 Å². The van der Waals surface area contributed by atoms with Gasteiger partial charge in [-0.15, -0.1) is 0 Å². The number of sulfonamides is 1. The first-order valence-electron chi connectivity index (χ1n) is 7.97. The minimum Gasteiger partial charge on any atom is -0.497 e. The average Bonchev–Trinajstić information content (AvgIpc) is 3.10. The lowest BCUT2D eigenvalue weighted by atomic mass is 10.0. The molecule has 3 heterocycles. The lowest BCUT2D eigenvalue weighted by Gasteiger charge is -2.35. The van der Waals surface area contributed by atoms with Crippen LogP contribution in [0.2, 0.25) is 0 Å². The van der Waals surface area contributed by atoms with Crippen LogP contribution < -0.4 is 4.74 Å². The molecule has 0 spiro atoms. The predicted molar refractivity (Wildman–Crippen MR) is 92.0 cm³/mol. The smallest absolute Gasteiger partial charge is 0.243 e. The molecular weight excluding hydrogens is 356 g/mol. The van der Waals surface area contributed by atoms with Crippen LogP contribution >= 0.6 is 0 Å². The zero-order valence-electron chi connectivity index (χ0n) is 13.9. The van der Waals surface area contributed by atoms with E-state index >= 15 is 0 Å². The molecule has 0 aliphatic carbocycles. The van der Waals surface area contributed by atoms with Crippen LogP contribution in [-0.4, -0.2) is 48.0 Å². The Balaban J connectivity index is 1.46. The summed E-state index contributed by atoms with van der Waals surface area (Å²) in [6.07, 6.45) is 1.65. The summed E-state index contributed by atoms with van der Waals surface area (Å²) >= 11 is 0. The van der Waals surface area contributed by atoms with Crippen molar-refractivity contribution in [2.24, 2.45) is 0 Å². The number of pyridine rings is 1. The predicted octanol–water partition coefficient (Wildman–Crippen LogP) is 1.93. The van der Waals surface area contributed by atoms with Crippen molar-refractivity contribution in [1.82, 2.24) is 19.4 Å². The highest BCUT2D eigenvalue weighted by molar-refractivity contribution is 7.89. The Morgan fingerprint density at radius 3 is 2.58 bits per heavy atom. The van der Waals surface area contributed by atoms with E-state index < -0.39 is 10.0 Å². The third kappa shape index (κ3) is 2.95. The quantitative estimate of drug-likeness (QED) is 0.675. The van der Waals surface area contributed by atoms with Gasteiger partial charge in [0, 0.05) is 19.3 Å². The monoisotopic (exact) mass is 372 g/mol. The molecule has 8 nitrogen and oxygen atoms in total. The van der Waals surface area contributed by atoms with E-state index in [-0.39, 0.29) is 10.8 Å². The Hall–Kier alpha value is -2.78. The van der Waals surface area contributed by atoms with Gasteiger partial charge >= 0.3 is 0 Å². The largest absolute Gasteiger partial charge is 0.497 e. The van der Waals surface area contributed by atoms with Crippen LogP contribution in [0.4, 0.5) is 0 Å². The second-order valence-corrected chi connectivity index (χ2v) is 7.80. The van der Waals surface area contributed by atoms with Crippen LogP contribution in [0.15, 0.2) is 58.1 Å². The molecule has 0 atom stereocenters. The second-order valence-electron chi connectivity index (χ2n) is 5.87. The second kappa shape index (κ2) is 6.50. The van der Waals surface area contributed by atoms with Crippen molar-refractivity contribution in [3.05, 3.63) is 54.6 Å². The topological polar surface area (TPSA) is 98.4 Å². The van der Waals surface area contributed by atoms with Gasteiger partial charge in [0.05, 0.1) is 17.9 Å². The number of benzene rings is 1. The van der Waals surface area contributed by atoms with Crippen LogP contribution in [0.3, 0.4) is 0 Å². The van der Waals surface area contributed by atoms with Gasteiger partial charge in [0.1, 0.15) is 11.4 Å². The number of aromatic nitrogens is 3. The Bertz CT molecular complexity index is 997. The first-order valence-corrected chi connectivity index (χ1v) is 9.41. The summed E-state index contributed by atoms with van der Waals surface area (Å²) < 4.78 is 37.0. The lowest BCUT2D eigenvalue weighted by Crippen LogP contribution is -2.48. The van der Waals surface area contributed by atoms with Gasteiger partial charge in [-0.1, -0.05) is 11.2 Å². The maximum Gasteiger partial charge on any atom is 0.243 e. The molecule has 0 radical (unpaired) electrons. The van der Waals surface area contributed by atoms with Gasteiger partial charge in [-0.2, -0.15) is 9.29 Å². The molecule has 26 heavy (non-hydrogen) atoms. The van der Waals surface area contributed by atoms with Crippen molar-refractivity contribution >= 4 is 10.0 Å². The summed E-state index contributed by atoms with van der Waals surface area (Å²) in [7, 11) is -2.00. The molecule has 1 aliphatic rings. The fourth-order valence-electron chi connectivity index (χ4n) is 2.69. The molecule has 1 fully saturated rings. The van der Waals surface area contributed by atoms with Gasteiger partial charge in [-0.3, -0.25) is 4.98 Å². The van der Waals surface area contributed by atoms with Gasteiger partial charge in [-0.25, -0.2) is 8.42 Å². The number of hydrogen-bond acceptors (Lipinski definition) is 7. The van der Waals surface area contributed by atoms with Gasteiger partial charge < -0.3 is 9.26 Å². The molecule has 0 N–H and O–H groups in total. The van der Waals surface area contributed by atoms with E-state index in [1.165, 1.54) is 23.5 Å². The first-order chi connectivity index (χ1) is 12.6. The summed E-state index contributed by atoms with van der Waals surface area (Å²) in [4.78, 5) is 8.74. The summed E-state index contributed by atoms with van der Waals surface area (Å²) in [5, 5.41) is 3.92. The molecule has 1 aromatic carbocycles. The summed E-state index contributed by atoms with van der Waals surface area (Å²) in [5.74, 6) is 1.32. The molecule has 0 amide bonds. The molecule has 0 bridgehead atoms. The number of ether oxygens (including phenoxy) is 1. The molecular formula is C17H16N4O4S. The standard InChI is InChI=1S/C17H16N4O4S/c1-24-13-5-7-14(8-6-13)26(22,23)21-10-12(11-21)17-19-16(20-25-17)15-4-2-3-9-18-15/h2-9,12H,10-11H2,1H3. The van der Waals surface area contributed by atoms with Gasteiger partial charge in [0.2, 0.25) is 21.7 Å². The van der Waals surface area contributed by atoms with Crippen molar-refractivity contribution in [2.75, 3.05) is 20.2 Å². The fourth-order valence-corrected chi connectivity index (χ4v) is 4.22. The minimum absolute atomic E-state index is 0.118. The Labute approximate surface area is 150 Å². The fraction of sp³-hybridized carbons (Fsp3) is 0.235. The van der Waals surface area contributed by atoms with Crippen LogP contribution in [0.1, 0.15) is 11.8 Å². The molecule has 1 aliphatic heterocycles. The average molecular weight is 372 g/mol. The third-order valence-electron chi connectivity index (χ3n) is 4.23. The molecule has 9 heteroatoms. The molecule has 0 saturated carbocycles. The van der Waals surface area contributed by atoms with Crippen molar-refractivity contribution in [2.45, 2.75) is 10.8 Å². The highest BCUT2D eigenvalue weighted by Crippen LogP contribution is 2.32. The Kier molecular flexibility index (Phi) is 4.17. The van der Waals surface area contributed by atoms with Crippen LogP contribution in [0.5, 0.6) is 5.75 Å². The SMILES string of the molecule is COc1ccc(S(=O)(=O)N2CC(c3nc(-c4ccccn4)no3)C2)cc1. The number of methoxy groups -OCH3 is 1. The highest BCUT2D eigenvalue weighted by Gasteiger charge is 2.40. The molecule has 4 rings (SSSR count). The number of hydrogen-bond donors (Lipinski definition) is 0. The minimum atomic E-state index is -3.54. The van der Waals surface area contributed by atoms with Gasteiger partial charge in [-0.05, 0) is 36.4 Å². The van der Waals surface area contributed by atoms with E-state index in [4.69, 9.17) is 9.26 Å². The lowest BCUT2D eigenvalue weighted by molar-refractivity contribution is 0.217. The third-order valence-corrected chi connectivity index (χ3v) is 6.08. The van der Waals surface area contributed by atoms with E-state index in [2.05, 4.69) is 15.1 Å². The molecule has 134 valence electrons. The van der Waals surface area contributed by atoms with E-state index in [1.54, 1.807) is 30.5 Å². The zero-order chi connectivity index (χ0) is 18.1. The zero-order valence-corrected chi connectivity index (χ0v) is 14.8. The summed E-state index contributed by atoms with van der Waals surface area (Å²) in [5.41, 5.74) is 0.615. The van der Waals surface area contributed by atoms with Crippen molar-refractivity contribution < 1.29 is 17.7 Å². The van der Waals surface area contributed by atoms with E-state index in [1.807, 2.05) is 6.07 Å². The number of rotatable bonds is 5. The molecule has 0 unspecified atom stereocenters. The normalized spacial score (nSPS) is 15.6. The highest BCUT2D eigenvalue weighted by atomic mass is 32.2. The summed E-state index contributed by atoms with van der Waals surface area (Å²) in [6, 6.07) is 11.8. The van der Waals surface area contributed by atoms with E-state index in [0.717, 1.165) is 0 Å². The van der Waals surface area contributed by atoms with E-state index in [0.29, 0.717) is 36.2 Å². The van der Waals surface area contributed by atoms with Crippen LogP contribution in [0.25, 0.3) is 11.5 Å². The Morgan fingerprint density at radius 1 is 1.15 bits per heavy atom. The molecule has 3 aromatic rings. The maximum absolute atomic E-state index is 12.6. The van der Waals surface area contributed by atoms with Crippen molar-refractivity contribution in [1.29, 1.82) is 0 Å². The molecule has 1 saturated heterocycles. The Morgan fingerprint density at radius 2 is 1.92 bits per heavy atom. The van der Waals surface area contributed by atoms with Crippen molar-refractivity contribution in [3.63, 3.8) is 0 Å². The van der Waals surface area contributed by atoms with Gasteiger partial charge in [0.25, 0.3) is 0 Å². The number of nitrogens with zero attached hydrogens (tertiary/aromatic N) is 4. The van der Waals surface area contributed by atoms with Crippen LogP contribution in [-0.2, 0) is 10.0 Å². The van der Waals surface area contributed by atoms with Gasteiger partial charge in [0.15, 0.2) is 0 Å². The van der Waals surface area contributed by atoms with E-state index in [9.17, 15) is 8.42 Å². The molecule has 2 aromatic heterocycles. The van der Waals surface area contributed by atoms with Crippen molar-refractivity contribution in [3.8, 4) is 17.3 Å². The maximum atomic E-state index is 12.6.